The van der Waals surface area contributed by atoms with E-state index < -0.39 is 6.98 Å². The molecule has 0 radical (unpaired) electrons. The zero-order valence-corrected chi connectivity index (χ0v) is 35.3. The van der Waals surface area contributed by atoms with Gasteiger partial charge in [0.1, 0.15) is 5.82 Å². The molecule has 0 aliphatic heterocycles. The number of hydrogen-bond donors (Lipinski definition) is 0. The second kappa shape index (κ2) is 14.5. The third-order valence-electron chi connectivity index (χ3n) is 11.3. The molecule has 7 heteroatoms. The summed E-state index contributed by atoms with van der Waals surface area (Å²) in [4.78, 5) is 4.91. The van der Waals surface area contributed by atoms with Crippen molar-refractivity contribution in [2.24, 2.45) is 6.98 Å². The molecule has 60 heavy (non-hydrogen) atoms. The van der Waals surface area contributed by atoms with Crippen molar-refractivity contribution in [2.45, 2.75) is 26.2 Å². The second-order valence-corrected chi connectivity index (χ2v) is 16.0. The standard InChI is InChI=1S/C53H39N5O.Pt/c1-53(2,3)37-27-28-54-52(31-37)58-48-26-22-36(35-21-25-47-44(29-35)42-17-8-9-18-46(42)57(47)38-13-6-5-7-14-38)30-45(48)43-24-23-41(33-51(43)58)59-40-16-12-15-39(32-40)56-34-55(4)49-19-10-11-20-50(49)56;/h5-31H,1-4H3;/q-2;/i4D3;. The first kappa shape index (κ1) is 34.1. The van der Waals surface area contributed by atoms with E-state index in [2.05, 4.69) is 158 Å². The fraction of sp³-hybridized carbons (Fsp3) is 0.0943. The summed E-state index contributed by atoms with van der Waals surface area (Å²) in [6.45, 7) is 4.22. The molecule has 4 heterocycles. The van der Waals surface area contributed by atoms with Crippen molar-refractivity contribution < 1.29 is 34.5 Å². The molecule has 6 nitrogen and oxygen atoms in total. The number of fused-ring (bicyclic) bond motifs is 7. The molecular formula is C53H39N5OPt-2. The smallest absolute Gasteiger partial charge is 0.242 e. The van der Waals surface area contributed by atoms with E-state index in [0.29, 0.717) is 28.2 Å². The Balaban J connectivity index is 0.00000471. The van der Waals surface area contributed by atoms with Crippen LogP contribution in [0.15, 0.2) is 164 Å². The van der Waals surface area contributed by atoms with Gasteiger partial charge in [0.05, 0.1) is 33.2 Å². The predicted molar refractivity (Wildman–Crippen MR) is 238 cm³/mol. The molecule has 294 valence electrons. The van der Waals surface area contributed by atoms with Gasteiger partial charge in [-0.25, -0.2) is 4.98 Å². The summed E-state index contributed by atoms with van der Waals surface area (Å²) in [5.74, 6) is 1.74. The van der Waals surface area contributed by atoms with Crippen LogP contribution in [-0.4, -0.2) is 18.7 Å². The summed E-state index contributed by atoms with van der Waals surface area (Å²) >= 11 is 0. The van der Waals surface area contributed by atoms with Gasteiger partial charge in [-0.15, -0.1) is 29.7 Å². The largest absolute Gasteiger partial charge is 0.510 e. The molecule has 4 aromatic heterocycles. The van der Waals surface area contributed by atoms with Crippen molar-refractivity contribution in [3.05, 3.63) is 188 Å². The number of benzene rings is 7. The van der Waals surface area contributed by atoms with Crippen molar-refractivity contribution >= 4 is 54.6 Å². The predicted octanol–water partition coefficient (Wildman–Crippen LogP) is 12.2. The Morgan fingerprint density at radius 2 is 1.28 bits per heavy atom. The van der Waals surface area contributed by atoms with E-state index in [1.807, 2.05) is 48.7 Å². The van der Waals surface area contributed by atoms with Crippen LogP contribution in [0.1, 0.15) is 30.4 Å². The van der Waals surface area contributed by atoms with Crippen LogP contribution in [0.4, 0.5) is 0 Å². The third-order valence-corrected chi connectivity index (χ3v) is 11.3. The van der Waals surface area contributed by atoms with E-state index in [0.717, 1.165) is 50.0 Å². The Labute approximate surface area is 367 Å². The van der Waals surface area contributed by atoms with Gasteiger partial charge in [0.15, 0.2) is 0 Å². The normalized spacial score (nSPS) is 12.8. The molecule has 0 aliphatic carbocycles. The van der Waals surface area contributed by atoms with E-state index in [-0.39, 0.29) is 26.5 Å². The fourth-order valence-electron chi connectivity index (χ4n) is 8.39. The third kappa shape index (κ3) is 6.22. The Morgan fingerprint density at radius 3 is 2.07 bits per heavy atom. The number of para-hydroxylation sites is 4. The fourth-order valence-corrected chi connectivity index (χ4v) is 8.39. The van der Waals surface area contributed by atoms with Gasteiger partial charge < -0.3 is 23.0 Å². The van der Waals surface area contributed by atoms with Crippen molar-refractivity contribution in [3.8, 4) is 39.8 Å². The second-order valence-electron chi connectivity index (χ2n) is 16.0. The molecule has 0 unspecified atom stereocenters. The van der Waals surface area contributed by atoms with Gasteiger partial charge >= 0.3 is 0 Å². The maximum atomic E-state index is 8.09. The molecule has 0 N–H and O–H groups in total. The van der Waals surface area contributed by atoms with Gasteiger partial charge in [0.2, 0.25) is 6.33 Å². The molecule has 11 aromatic rings. The van der Waals surface area contributed by atoms with E-state index in [1.54, 1.807) is 10.6 Å². The Morgan fingerprint density at radius 1 is 0.600 bits per heavy atom. The van der Waals surface area contributed by atoms with Gasteiger partial charge in [-0.05, 0) is 76.0 Å². The summed E-state index contributed by atoms with van der Waals surface area (Å²) in [6, 6.07) is 60.6. The van der Waals surface area contributed by atoms with Gasteiger partial charge in [-0.3, -0.25) is 0 Å². The molecule has 0 spiro atoms. The summed E-state index contributed by atoms with van der Waals surface area (Å²) in [6.07, 6.45) is 4.90. The summed E-state index contributed by atoms with van der Waals surface area (Å²) in [5.41, 5.74) is 10.4. The van der Waals surface area contributed by atoms with E-state index in [1.165, 1.54) is 26.4 Å². The van der Waals surface area contributed by atoms with Crippen LogP contribution in [0.3, 0.4) is 0 Å². The van der Waals surface area contributed by atoms with Gasteiger partial charge in [0, 0.05) is 60.7 Å². The molecule has 0 amide bonds. The number of nitrogens with zero attached hydrogens (tertiary/aromatic N) is 5. The van der Waals surface area contributed by atoms with E-state index in [4.69, 9.17) is 13.8 Å². The minimum absolute atomic E-state index is 0. The SMILES string of the molecule is [2H]C([2H])([2H])[n+]1[c-]n(-c2[c-]c(Oc3[c-]c4c(cc3)c3cc(-c5ccc6c(c5)c5ccccc5n6-c5ccccc5)ccc3n4-c3cc(C(C)(C)C)ccn3)ccc2)c2ccccc21.[Pt]. The van der Waals surface area contributed by atoms with Crippen LogP contribution in [0.2, 0.25) is 0 Å². The molecule has 0 bridgehead atoms. The molecule has 0 atom stereocenters. The van der Waals surface area contributed by atoms with Crippen LogP contribution in [0, 0.1) is 18.5 Å². The molecule has 11 rings (SSSR count). The zero-order valence-electron chi connectivity index (χ0n) is 36.0. The van der Waals surface area contributed by atoms with Crippen LogP contribution < -0.4 is 9.30 Å². The monoisotopic (exact) mass is 959 g/mol. The van der Waals surface area contributed by atoms with Crippen LogP contribution in [0.5, 0.6) is 11.5 Å². The van der Waals surface area contributed by atoms with Gasteiger partial charge in [-0.2, -0.15) is 18.2 Å². The van der Waals surface area contributed by atoms with Crippen LogP contribution >= 0.6 is 0 Å². The molecule has 0 fully saturated rings. The summed E-state index contributed by atoms with van der Waals surface area (Å²) < 4.78 is 38.2. The number of aryl methyl sites for hydroxylation is 1. The number of hydrogen-bond acceptors (Lipinski definition) is 2. The molecule has 0 saturated carbocycles. The van der Waals surface area contributed by atoms with Crippen molar-refractivity contribution in [2.75, 3.05) is 0 Å². The molecule has 0 saturated heterocycles. The van der Waals surface area contributed by atoms with Crippen molar-refractivity contribution in [1.29, 1.82) is 0 Å². The Hall–Kier alpha value is -6.75. The molecular weight excluding hydrogens is 918 g/mol. The minimum Gasteiger partial charge on any atom is -0.510 e. The topological polar surface area (TPSA) is 40.8 Å². The van der Waals surface area contributed by atoms with Gasteiger partial charge in [0.25, 0.3) is 0 Å². The van der Waals surface area contributed by atoms with E-state index >= 15 is 0 Å². The number of imidazole rings is 1. The number of pyridine rings is 1. The summed E-state index contributed by atoms with van der Waals surface area (Å²) in [5, 5.41) is 4.49. The summed E-state index contributed by atoms with van der Waals surface area (Å²) in [7, 11) is 0. The average Bonchev–Trinajstić information content (AvgIpc) is 3.94. The van der Waals surface area contributed by atoms with Crippen LogP contribution in [-0.2, 0) is 33.5 Å². The van der Waals surface area contributed by atoms with E-state index in [9.17, 15) is 0 Å². The Kier molecular flexibility index (Phi) is 8.26. The van der Waals surface area contributed by atoms with Crippen molar-refractivity contribution in [3.63, 3.8) is 0 Å². The van der Waals surface area contributed by atoms with Crippen molar-refractivity contribution in [1.82, 2.24) is 18.7 Å². The average molecular weight is 960 g/mol. The van der Waals surface area contributed by atoms with Crippen LogP contribution in [0.25, 0.3) is 83.0 Å². The number of ether oxygens (including phenoxy) is 1. The first-order valence-corrected chi connectivity index (χ1v) is 19.7. The maximum absolute atomic E-state index is 8.09. The number of aromatic nitrogens is 5. The molecule has 0 aliphatic rings. The maximum Gasteiger partial charge on any atom is 0.242 e. The molecule has 7 aromatic carbocycles. The Bertz CT molecular complexity index is 3540. The number of rotatable bonds is 6. The van der Waals surface area contributed by atoms with Gasteiger partial charge in [-0.1, -0.05) is 111 Å². The quantitative estimate of drug-likeness (QED) is 0.123. The first-order chi connectivity index (χ1) is 30.0. The first-order valence-electron chi connectivity index (χ1n) is 21.2. The minimum atomic E-state index is -2.40. The zero-order chi connectivity index (χ0) is 42.3.